The molecule has 6 amide bonds. The number of urea groups is 2. The standard InChI is InChI=1S/C17H23N5O4/c1-3-4-7-19-16(25)20-13-8-11(15(18)24)5-6-12(13)9-22-14(23)10-21(2)17(22)26/h5-6,8H,3-4,7,9-10H2,1-2H3,(H2,18,24)(H2,19,20,25). The molecule has 0 atom stereocenters. The number of nitrogens with one attached hydrogen (secondary N) is 2. The number of anilines is 1. The summed E-state index contributed by atoms with van der Waals surface area (Å²) in [6.45, 7) is 2.53. The van der Waals surface area contributed by atoms with Crippen LogP contribution in [0, 0.1) is 0 Å². The lowest BCUT2D eigenvalue weighted by Gasteiger charge is -2.18. The molecule has 1 aromatic carbocycles. The van der Waals surface area contributed by atoms with Gasteiger partial charge in [0.25, 0.3) is 5.91 Å². The third-order valence-corrected chi connectivity index (χ3v) is 4.02. The number of carbonyl (C=O) groups is 4. The van der Waals surface area contributed by atoms with Gasteiger partial charge in [-0.15, -0.1) is 0 Å². The van der Waals surface area contributed by atoms with Gasteiger partial charge in [0, 0.05) is 24.8 Å². The van der Waals surface area contributed by atoms with Gasteiger partial charge in [-0.25, -0.2) is 9.59 Å². The van der Waals surface area contributed by atoms with E-state index in [1.54, 1.807) is 6.07 Å². The maximum absolute atomic E-state index is 12.1. The number of benzene rings is 1. The van der Waals surface area contributed by atoms with Gasteiger partial charge in [-0.3, -0.25) is 14.5 Å². The van der Waals surface area contributed by atoms with Gasteiger partial charge in [0.15, 0.2) is 0 Å². The first-order chi connectivity index (χ1) is 12.3. The highest BCUT2D eigenvalue weighted by Crippen LogP contribution is 2.22. The number of nitrogens with zero attached hydrogens (tertiary/aromatic N) is 2. The molecule has 4 N–H and O–H groups in total. The molecule has 1 aliphatic rings. The summed E-state index contributed by atoms with van der Waals surface area (Å²) in [5.41, 5.74) is 6.36. The molecule has 0 aromatic heterocycles. The molecule has 2 rings (SSSR count). The van der Waals surface area contributed by atoms with Crippen molar-refractivity contribution in [3.05, 3.63) is 29.3 Å². The first kappa shape index (κ1) is 19.2. The Labute approximate surface area is 151 Å². The zero-order valence-electron chi connectivity index (χ0n) is 14.9. The van der Waals surface area contributed by atoms with E-state index in [1.807, 2.05) is 6.92 Å². The average molecular weight is 361 g/mol. The largest absolute Gasteiger partial charge is 0.366 e. The van der Waals surface area contributed by atoms with Crippen LogP contribution < -0.4 is 16.4 Å². The van der Waals surface area contributed by atoms with Crippen LogP contribution >= 0.6 is 0 Å². The van der Waals surface area contributed by atoms with Gasteiger partial charge in [0.05, 0.1) is 6.54 Å². The van der Waals surface area contributed by atoms with Crippen LogP contribution in [0.25, 0.3) is 0 Å². The number of hydrogen-bond donors (Lipinski definition) is 3. The first-order valence-corrected chi connectivity index (χ1v) is 8.36. The first-order valence-electron chi connectivity index (χ1n) is 8.36. The van der Waals surface area contributed by atoms with Crippen molar-refractivity contribution in [1.82, 2.24) is 15.1 Å². The molecular formula is C17H23N5O4. The van der Waals surface area contributed by atoms with Gasteiger partial charge < -0.3 is 21.3 Å². The SMILES string of the molecule is CCCCNC(=O)Nc1cc(C(N)=O)ccc1CN1C(=O)CN(C)C1=O. The number of nitrogens with two attached hydrogens (primary N) is 1. The van der Waals surface area contributed by atoms with E-state index >= 15 is 0 Å². The van der Waals surface area contributed by atoms with Crippen LogP contribution in [-0.4, -0.2) is 53.8 Å². The second kappa shape index (κ2) is 8.32. The summed E-state index contributed by atoms with van der Waals surface area (Å²) in [5, 5.41) is 5.36. The Balaban J connectivity index is 2.22. The molecule has 0 bridgehead atoms. The summed E-state index contributed by atoms with van der Waals surface area (Å²) in [6, 6.07) is 3.66. The van der Waals surface area contributed by atoms with E-state index in [1.165, 1.54) is 24.1 Å². The summed E-state index contributed by atoms with van der Waals surface area (Å²) >= 11 is 0. The molecule has 26 heavy (non-hydrogen) atoms. The molecule has 0 radical (unpaired) electrons. The van der Waals surface area contributed by atoms with E-state index in [4.69, 9.17) is 5.73 Å². The van der Waals surface area contributed by atoms with E-state index in [-0.39, 0.29) is 24.6 Å². The van der Waals surface area contributed by atoms with Crippen LogP contribution in [0.1, 0.15) is 35.7 Å². The van der Waals surface area contributed by atoms with Crippen molar-refractivity contribution in [3.63, 3.8) is 0 Å². The molecule has 1 aromatic rings. The van der Waals surface area contributed by atoms with Crippen molar-refractivity contribution in [1.29, 1.82) is 0 Å². The minimum absolute atomic E-state index is 0.00831. The quantitative estimate of drug-likeness (QED) is 0.497. The van der Waals surface area contributed by atoms with Crippen LogP contribution in [0.15, 0.2) is 18.2 Å². The highest BCUT2D eigenvalue weighted by atomic mass is 16.2. The van der Waals surface area contributed by atoms with E-state index < -0.39 is 18.0 Å². The summed E-state index contributed by atoms with van der Waals surface area (Å²) in [4.78, 5) is 49.9. The maximum Gasteiger partial charge on any atom is 0.327 e. The fourth-order valence-corrected chi connectivity index (χ4v) is 2.52. The summed E-state index contributed by atoms with van der Waals surface area (Å²) < 4.78 is 0. The lowest BCUT2D eigenvalue weighted by molar-refractivity contribution is -0.125. The Morgan fingerprint density at radius 1 is 1.27 bits per heavy atom. The molecule has 1 aliphatic heterocycles. The van der Waals surface area contributed by atoms with Gasteiger partial charge >= 0.3 is 12.1 Å². The molecule has 1 fully saturated rings. The lowest BCUT2D eigenvalue weighted by Crippen LogP contribution is -2.33. The van der Waals surface area contributed by atoms with E-state index in [0.717, 1.165) is 17.7 Å². The Hall–Kier alpha value is -3.10. The maximum atomic E-state index is 12.1. The minimum atomic E-state index is -0.640. The van der Waals surface area contributed by atoms with Crippen molar-refractivity contribution >= 4 is 29.6 Å². The van der Waals surface area contributed by atoms with Crippen LogP contribution in [0.4, 0.5) is 15.3 Å². The Morgan fingerprint density at radius 2 is 2.00 bits per heavy atom. The molecule has 0 spiro atoms. The number of amides is 6. The number of carbonyl (C=O) groups excluding carboxylic acids is 4. The molecular weight excluding hydrogens is 338 g/mol. The zero-order chi connectivity index (χ0) is 19.3. The average Bonchev–Trinajstić information content (AvgIpc) is 2.82. The van der Waals surface area contributed by atoms with Gasteiger partial charge in [0.2, 0.25) is 5.91 Å². The molecule has 9 nitrogen and oxygen atoms in total. The highest BCUT2D eigenvalue weighted by Gasteiger charge is 2.33. The van der Waals surface area contributed by atoms with Gasteiger partial charge in [0.1, 0.15) is 6.54 Å². The molecule has 140 valence electrons. The monoisotopic (exact) mass is 361 g/mol. The second-order valence-corrected chi connectivity index (χ2v) is 6.09. The normalized spacial score (nSPS) is 13.9. The topological polar surface area (TPSA) is 125 Å². The molecule has 0 aliphatic carbocycles. The van der Waals surface area contributed by atoms with Crippen LogP contribution in [0.2, 0.25) is 0 Å². The minimum Gasteiger partial charge on any atom is -0.366 e. The highest BCUT2D eigenvalue weighted by molar-refractivity contribution is 6.02. The van der Waals surface area contributed by atoms with Crippen LogP contribution in [0.5, 0.6) is 0 Å². The van der Waals surface area contributed by atoms with Crippen molar-refractivity contribution in [3.8, 4) is 0 Å². The Morgan fingerprint density at radius 3 is 2.58 bits per heavy atom. The van der Waals surface area contributed by atoms with E-state index in [0.29, 0.717) is 17.8 Å². The van der Waals surface area contributed by atoms with Crippen LogP contribution in [0.3, 0.4) is 0 Å². The van der Waals surface area contributed by atoms with E-state index in [2.05, 4.69) is 10.6 Å². The molecule has 0 saturated carbocycles. The Bertz CT molecular complexity index is 734. The molecule has 1 heterocycles. The number of unbranched alkanes of at least 4 members (excludes halogenated alkanes) is 1. The third-order valence-electron chi connectivity index (χ3n) is 4.02. The summed E-state index contributed by atoms with van der Waals surface area (Å²) in [5.74, 6) is -0.964. The molecule has 1 saturated heterocycles. The third kappa shape index (κ3) is 4.50. The van der Waals surface area contributed by atoms with Gasteiger partial charge in [-0.1, -0.05) is 19.4 Å². The number of hydrogen-bond acceptors (Lipinski definition) is 4. The number of imide groups is 1. The van der Waals surface area contributed by atoms with Crippen molar-refractivity contribution in [2.24, 2.45) is 5.73 Å². The summed E-state index contributed by atoms with van der Waals surface area (Å²) in [7, 11) is 1.54. The fraction of sp³-hybridized carbons (Fsp3) is 0.412. The predicted octanol–water partition coefficient (Wildman–Crippen LogP) is 1.10. The van der Waals surface area contributed by atoms with E-state index in [9.17, 15) is 19.2 Å². The van der Waals surface area contributed by atoms with Crippen molar-refractivity contribution in [2.45, 2.75) is 26.3 Å². The number of rotatable bonds is 7. The fourth-order valence-electron chi connectivity index (χ4n) is 2.52. The van der Waals surface area contributed by atoms with Gasteiger partial charge in [-0.2, -0.15) is 0 Å². The molecule has 0 unspecified atom stereocenters. The van der Waals surface area contributed by atoms with Gasteiger partial charge in [-0.05, 0) is 24.1 Å². The number of primary amides is 1. The van der Waals surface area contributed by atoms with Crippen LogP contribution in [-0.2, 0) is 11.3 Å². The van der Waals surface area contributed by atoms with Crippen molar-refractivity contribution in [2.75, 3.05) is 25.5 Å². The van der Waals surface area contributed by atoms with Crippen molar-refractivity contribution < 1.29 is 19.2 Å². The lowest BCUT2D eigenvalue weighted by atomic mass is 10.1. The Kier molecular flexibility index (Phi) is 6.16. The number of likely N-dealkylation sites (N-methyl/N-ethyl adjacent to an activating group) is 1. The second-order valence-electron chi connectivity index (χ2n) is 6.09. The predicted molar refractivity (Wildman–Crippen MR) is 95.5 cm³/mol. The molecule has 9 heteroatoms. The zero-order valence-corrected chi connectivity index (χ0v) is 14.9. The summed E-state index contributed by atoms with van der Waals surface area (Å²) in [6.07, 6.45) is 1.78. The smallest absolute Gasteiger partial charge is 0.327 e.